The molecule has 0 bridgehead atoms. The lowest BCUT2D eigenvalue weighted by molar-refractivity contribution is -0.125. The van der Waals surface area contributed by atoms with E-state index in [2.05, 4.69) is 15.5 Å². The maximum absolute atomic E-state index is 11.5. The molecule has 0 aliphatic rings. The van der Waals surface area contributed by atoms with Crippen molar-refractivity contribution in [3.8, 4) is 5.75 Å². The molecule has 86 valence electrons. The molecule has 1 aromatic carbocycles. The van der Waals surface area contributed by atoms with Gasteiger partial charge in [-0.2, -0.15) is 5.90 Å². The Morgan fingerprint density at radius 2 is 2.31 bits per heavy atom. The SMILES string of the molecule is CNC(=O)C(NC=O)c1cccc(ON)c1. The summed E-state index contributed by atoms with van der Waals surface area (Å²) in [7, 11) is 1.49. The Morgan fingerprint density at radius 3 is 2.88 bits per heavy atom. The topological polar surface area (TPSA) is 93.5 Å². The second kappa shape index (κ2) is 5.72. The summed E-state index contributed by atoms with van der Waals surface area (Å²) >= 11 is 0. The molecule has 0 aliphatic carbocycles. The molecule has 0 saturated carbocycles. The van der Waals surface area contributed by atoms with Gasteiger partial charge in [-0.05, 0) is 17.7 Å². The molecule has 1 atom stereocenters. The lowest BCUT2D eigenvalue weighted by Gasteiger charge is -2.15. The van der Waals surface area contributed by atoms with Gasteiger partial charge in [-0.1, -0.05) is 12.1 Å². The van der Waals surface area contributed by atoms with Crippen molar-refractivity contribution in [1.29, 1.82) is 0 Å². The Labute approximate surface area is 92.7 Å². The summed E-state index contributed by atoms with van der Waals surface area (Å²) in [5, 5.41) is 4.87. The molecule has 2 amide bonds. The summed E-state index contributed by atoms with van der Waals surface area (Å²) in [5.74, 6) is 5.11. The molecule has 6 heteroatoms. The fraction of sp³-hybridized carbons (Fsp3) is 0.200. The van der Waals surface area contributed by atoms with Crippen LogP contribution in [0.25, 0.3) is 0 Å². The highest BCUT2D eigenvalue weighted by atomic mass is 16.6. The van der Waals surface area contributed by atoms with Crippen LogP contribution in [0.15, 0.2) is 24.3 Å². The Hall–Kier alpha value is -2.08. The zero-order valence-electron chi connectivity index (χ0n) is 8.77. The van der Waals surface area contributed by atoms with Crippen molar-refractivity contribution >= 4 is 12.3 Å². The van der Waals surface area contributed by atoms with E-state index in [1.165, 1.54) is 7.05 Å². The van der Waals surface area contributed by atoms with Crippen LogP contribution < -0.4 is 21.4 Å². The maximum Gasteiger partial charge on any atom is 0.246 e. The van der Waals surface area contributed by atoms with Gasteiger partial charge in [0.1, 0.15) is 11.8 Å². The van der Waals surface area contributed by atoms with Crippen molar-refractivity contribution < 1.29 is 14.4 Å². The van der Waals surface area contributed by atoms with Gasteiger partial charge in [0.25, 0.3) is 0 Å². The third kappa shape index (κ3) is 2.71. The van der Waals surface area contributed by atoms with Crippen LogP contribution in [0.4, 0.5) is 0 Å². The van der Waals surface area contributed by atoms with Crippen LogP contribution in [0.2, 0.25) is 0 Å². The predicted molar refractivity (Wildman–Crippen MR) is 57.3 cm³/mol. The number of rotatable bonds is 5. The van der Waals surface area contributed by atoms with Crippen molar-refractivity contribution in [1.82, 2.24) is 10.6 Å². The Bertz CT molecular complexity index is 381. The van der Waals surface area contributed by atoms with E-state index in [1.807, 2.05) is 0 Å². The number of carbonyl (C=O) groups is 2. The summed E-state index contributed by atoms with van der Waals surface area (Å²) in [6.07, 6.45) is 0.468. The minimum Gasteiger partial charge on any atom is -0.412 e. The van der Waals surface area contributed by atoms with Crippen molar-refractivity contribution in [2.75, 3.05) is 7.05 Å². The van der Waals surface area contributed by atoms with Crippen LogP contribution in [0, 0.1) is 0 Å². The second-order valence-corrected chi connectivity index (χ2v) is 3.02. The molecular weight excluding hydrogens is 210 g/mol. The molecule has 0 radical (unpaired) electrons. The van der Waals surface area contributed by atoms with Crippen molar-refractivity contribution in [2.45, 2.75) is 6.04 Å². The third-order valence-corrected chi connectivity index (χ3v) is 2.07. The van der Waals surface area contributed by atoms with E-state index in [9.17, 15) is 9.59 Å². The van der Waals surface area contributed by atoms with Gasteiger partial charge in [-0.15, -0.1) is 0 Å². The normalized spacial score (nSPS) is 11.4. The van der Waals surface area contributed by atoms with Crippen molar-refractivity contribution in [3.63, 3.8) is 0 Å². The fourth-order valence-electron chi connectivity index (χ4n) is 1.30. The highest BCUT2D eigenvalue weighted by molar-refractivity contribution is 5.84. The van der Waals surface area contributed by atoms with Gasteiger partial charge in [0.15, 0.2) is 0 Å². The van der Waals surface area contributed by atoms with E-state index in [4.69, 9.17) is 5.90 Å². The van der Waals surface area contributed by atoms with E-state index < -0.39 is 6.04 Å². The van der Waals surface area contributed by atoms with Crippen LogP contribution >= 0.6 is 0 Å². The number of nitrogens with two attached hydrogens (primary N) is 1. The van der Waals surface area contributed by atoms with E-state index in [-0.39, 0.29) is 5.91 Å². The van der Waals surface area contributed by atoms with Gasteiger partial charge in [0.2, 0.25) is 12.3 Å². The lowest BCUT2D eigenvalue weighted by Crippen LogP contribution is -2.35. The van der Waals surface area contributed by atoms with Gasteiger partial charge >= 0.3 is 0 Å². The summed E-state index contributed by atoms with van der Waals surface area (Å²) in [5.41, 5.74) is 0.592. The summed E-state index contributed by atoms with van der Waals surface area (Å²) < 4.78 is 0. The van der Waals surface area contributed by atoms with E-state index in [0.29, 0.717) is 17.7 Å². The summed E-state index contributed by atoms with van der Waals surface area (Å²) in [6.45, 7) is 0. The van der Waals surface area contributed by atoms with Crippen molar-refractivity contribution in [3.05, 3.63) is 29.8 Å². The minimum atomic E-state index is -0.752. The first-order valence-electron chi connectivity index (χ1n) is 4.61. The maximum atomic E-state index is 11.5. The standard InChI is InChI=1S/C10H13N3O3/c1-12-10(15)9(13-6-14)7-3-2-4-8(5-7)16-11/h2-6,9H,11H2,1H3,(H,12,15)(H,13,14). The van der Waals surface area contributed by atoms with E-state index >= 15 is 0 Å². The average molecular weight is 223 g/mol. The van der Waals surface area contributed by atoms with Gasteiger partial charge in [0.05, 0.1) is 0 Å². The predicted octanol–water partition coefficient (Wildman–Crippen LogP) is -0.528. The van der Waals surface area contributed by atoms with Crippen LogP contribution in [-0.2, 0) is 9.59 Å². The van der Waals surface area contributed by atoms with Crippen molar-refractivity contribution in [2.24, 2.45) is 5.90 Å². The van der Waals surface area contributed by atoms with Crippen LogP contribution in [0.5, 0.6) is 5.75 Å². The van der Waals surface area contributed by atoms with Crippen LogP contribution in [0.1, 0.15) is 11.6 Å². The van der Waals surface area contributed by atoms with Crippen LogP contribution in [-0.4, -0.2) is 19.4 Å². The van der Waals surface area contributed by atoms with Gasteiger partial charge in [-0.25, -0.2) is 0 Å². The molecule has 0 saturated heterocycles. The first-order chi connectivity index (χ1) is 7.72. The van der Waals surface area contributed by atoms with Gasteiger partial charge < -0.3 is 15.5 Å². The molecule has 0 aromatic heterocycles. The Morgan fingerprint density at radius 1 is 1.56 bits per heavy atom. The summed E-state index contributed by atoms with van der Waals surface area (Å²) in [6, 6.07) is 5.85. The second-order valence-electron chi connectivity index (χ2n) is 3.02. The summed E-state index contributed by atoms with van der Waals surface area (Å²) in [4.78, 5) is 26.5. The zero-order chi connectivity index (χ0) is 12.0. The third-order valence-electron chi connectivity index (χ3n) is 2.07. The molecule has 0 fully saturated rings. The molecule has 0 aliphatic heterocycles. The fourth-order valence-corrected chi connectivity index (χ4v) is 1.30. The molecule has 1 aromatic rings. The number of carbonyl (C=O) groups excluding carboxylic acids is 2. The smallest absolute Gasteiger partial charge is 0.246 e. The lowest BCUT2D eigenvalue weighted by atomic mass is 10.1. The van der Waals surface area contributed by atoms with E-state index in [0.717, 1.165) is 0 Å². The monoisotopic (exact) mass is 223 g/mol. The van der Waals surface area contributed by atoms with Crippen LogP contribution in [0.3, 0.4) is 0 Å². The number of hydrogen-bond donors (Lipinski definition) is 3. The molecule has 1 unspecified atom stereocenters. The van der Waals surface area contributed by atoms with E-state index in [1.54, 1.807) is 24.3 Å². The molecule has 0 spiro atoms. The number of amides is 2. The molecule has 0 heterocycles. The molecule has 1 rings (SSSR count). The van der Waals surface area contributed by atoms with Gasteiger partial charge in [0, 0.05) is 7.05 Å². The molecule has 6 nitrogen and oxygen atoms in total. The largest absolute Gasteiger partial charge is 0.412 e. The average Bonchev–Trinajstić information content (AvgIpc) is 2.35. The first kappa shape index (κ1) is 12.0. The molecule has 16 heavy (non-hydrogen) atoms. The molecule has 4 N–H and O–H groups in total. The van der Waals surface area contributed by atoms with Gasteiger partial charge in [-0.3, -0.25) is 9.59 Å². The number of likely N-dealkylation sites (N-methyl/N-ethyl adjacent to an activating group) is 1. The highest BCUT2D eigenvalue weighted by Gasteiger charge is 2.18. The first-order valence-corrected chi connectivity index (χ1v) is 4.61. The minimum absolute atomic E-state index is 0.318. The Balaban J connectivity index is 2.99. The zero-order valence-corrected chi connectivity index (χ0v) is 8.77. The number of hydrogen-bond acceptors (Lipinski definition) is 4. The molecular formula is C10H13N3O3. The highest BCUT2D eigenvalue weighted by Crippen LogP contribution is 2.18. The Kier molecular flexibility index (Phi) is 4.28. The quantitative estimate of drug-likeness (QED) is 0.462. The number of nitrogens with one attached hydrogen (secondary N) is 2. The number of benzene rings is 1.